The SMILES string of the molecule is CN(C)CCCOc1cc(OCc2ccccc2)c2c(=O)c(OCc3ccccc3)c(-c3ccccc3)oc2c1. The molecule has 0 aliphatic carbocycles. The van der Waals surface area contributed by atoms with Crippen molar-refractivity contribution in [3.8, 4) is 28.6 Å². The third-order valence-electron chi connectivity index (χ3n) is 6.41. The van der Waals surface area contributed by atoms with Crippen molar-refractivity contribution in [1.82, 2.24) is 4.90 Å². The molecule has 0 aliphatic heterocycles. The highest BCUT2D eigenvalue weighted by Gasteiger charge is 2.22. The maximum absolute atomic E-state index is 14.1. The third kappa shape index (κ3) is 6.71. The Bertz CT molecular complexity index is 1580. The molecule has 1 heterocycles. The predicted molar refractivity (Wildman–Crippen MR) is 158 cm³/mol. The van der Waals surface area contributed by atoms with Crippen LogP contribution in [0.4, 0.5) is 0 Å². The number of rotatable bonds is 12. The summed E-state index contributed by atoms with van der Waals surface area (Å²) in [6.45, 7) is 1.94. The van der Waals surface area contributed by atoms with Crippen molar-refractivity contribution in [2.24, 2.45) is 0 Å². The summed E-state index contributed by atoms with van der Waals surface area (Å²) in [4.78, 5) is 16.2. The number of benzene rings is 4. The van der Waals surface area contributed by atoms with Crippen LogP contribution in [-0.4, -0.2) is 32.1 Å². The molecule has 0 unspecified atom stereocenters. The van der Waals surface area contributed by atoms with Crippen molar-refractivity contribution < 1.29 is 18.6 Å². The minimum Gasteiger partial charge on any atom is -0.493 e. The number of hydrogen-bond acceptors (Lipinski definition) is 6. The molecule has 5 aromatic rings. The molecular weight excluding hydrogens is 502 g/mol. The lowest BCUT2D eigenvalue weighted by Gasteiger charge is -2.16. The van der Waals surface area contributed by atoms with Crippen molar-refractivity contribution in [2.45, 2.75) is 19.6 Å². The number of fused-ring (bicyclic) bond motifs is 1. The summed E-state index contributed by atoms with van der Waals surface area (Å²) in [5.74, 6) is 1.48. The van der Waals surface area contributed by atoms with Crippen molar-refractivity contribution >= 4 is 11.0 Å². The summed E-state index contributed by atoms with van der Waals surface area (Å²) in [6.07, 6.45) is 0.858. The van der Waals surface area contributed by atoms with Crippen LogP contribution in [0, 0.1) is 0 Å². The van der Waals surface area contributed by atoms with Crippen LogP contribution in [0.1, 0.15) is 17.5 Å². The maximum atomic E-state index is 14.1. The Morgan fingerprint density at radius 1 is 0.725 bits per heavy atom. The maximum Gasteiger partial charge on any atom is 0.239 e. The number of ether oxygens (including phenoxy) is 3. The van der Waals surface area contributed by atoms with Gasteiger partial charge in [0.05, 0.1) is 6.61 Å². The molecule has 0 fully saturated rings. The zero-order chi connectivity index (χ0) is 27.7. The lowest BCUT2D eigenvalue weighted by Crippen LogP contribution is -2.15. The summed E-state index contributed by atoms with van der Waals surface area (Å²) in [5.41, 5.74) is 2.76. The van der Waals surface area contributed by atoms with E-state index in [9.17, 15) is 4.79 Å². The minimum atomic E-state index is -0.293. The van der Waals surface area contributed by atoms with Gasteiger partial charge in [0, 0.05) is 24.2 Å². The normalized spacial score (nSPS) is 11.1. The molecule has 1 aromatic heterocycles. The van der Waals surface area contributed by atoms with E-state index in [-0.39, 0.29) is 17.8 Å². The highest BCUT2D eigenvalue weighted by atomic mass is 16.5. The van der Waals surface area contributed by atoms with Crippen molar-refractivity contribution in [3.05, 3.63) is 124 Å². The molecule has 0 saturated heterocycles. The van der Waals surface area contributed by atoms with Gasteiger partial charge in [-0.1, -0.05) is 91.0 Å². The molecule has 6 nitrogen and oxygen atoms in total. The van der Waals surface area contributed by atoms with Gasteiger partial charge >= 0.3 is 0 Å². The lowest BCUT2D eigenvalue weighted by atomic mass is 10.1. The van der Waals surface area contributed by atoms with Gasteiger partial charge in [0.25, 0.3) is 0 Å². The lowest BCUT2D eigenvalue weighted by molar-refractivity contribution is 0.276. The van der Waals surface area contributed by atoms with Gasteiger partial charge in [0.1, 0.15) is 35.7 Å². The van der Waals surface area contributed by atoms with Gasteiger partial charge in [0.15, 0.2) is 5.76 Å². The van der Waals surface area contributed by atoms with Crippen LogP contribution in [-0.2, 0) is 13.2 Å². The van der Waals surface area contributed by atoms with Crippen LogP contribution in [0.5, 0.6) is 17.2 Å². The Kier molecular flexibility index (Phi) is 8.79. The molecule has 40 heavy (non-hydrogen) atoms. The summed E-state index contributed by atoms with van der Waals surface area (Å²) >= 11 is 0. The van der Waals surface area contributed by atoms with E-state index in [0.717, 1.165) is 29.7 Å². The van der Waals surface area contributed by atoms with E-state index >= 15 is 0 Å². The van der Waals surface area contributed by atoms with E-state index in [1.165, 1.54) is 0 Å². The predicted octanol–water partition coefficient (Wildman–Crippen LogP) is 6.95. The standard InChI is InChI=1S/C34H33NO5/c1-35(2)19-12-20-37-28-21-29(38-23-25-13-6-3-7-14-25)31-30(22-28)40-33(27-17-10-5-11-18-27)34(32(31)36)39-24-26-15-8-4-9-16-26/h3-11,13-18,21-22H,12,19-20,23-24H2,1-2H3. The molecule has 0 aliphatic rings. The first kappa shape index (κ1) is 27.0. The highest BCUT2D eigenvalue weighted by molar-refractivity contribution is 5.88. The molecular formula is C34H33NO5. The molecule has 0 N–H and O–H groups in total. The summed E-state index contributed by atoms with van der Waals surface area (Å²) in [7, 11) is 4.06. The first-order valence-electron chi connectivity index (χ1n) is 13.4. The minimum absolute atomic E-state index is 0.145. The Morgan fingerprint density at radius 2 is 1.32 bits per heavy atom. The summed E-state index contributed by atoms with van der Waals surface area (Å²) < 4.78 is 24.9. The molecule has 5 rings (SSSR count). The van der Waals surface area contributed by atoms with Crippen LogP contribution in [0.2, 0.25) is 0 Å². The Labute approximate surface area is 234 Å². The van der Waals surface area contributed by atoms with E-state index < -0.39 is 0 Å². The average molecular weight is 536 g/mol. The fourth-order valence-corrected chi connectivity index (χ4v) is 4.39. The van der Waals surface area contributed by atoms with Crippen LogP contribution in [0.15, 0.2) is 112 Å². The van der Waals surface area contributed by atoms with Gasteiger partial charge in [0.2, 0.25) is 11.2 Å². The van der Waals surface area contributed by atoms with Crippen molar-refractivity contribution in [3.63, 3.8) is 0 Å². The van der Waals surface area contributed by atoms with Gasteiger partial charge in [-0.25, -0.2) is 0 Å². The van der Waals surface area contributed by atoms with E-state index in [0.29, 0.717) is 41.4 Å². The van der Waals surface area contributed by atoms with Gasteiger partial charge in [-0.05, 0) is 31.6 Å². The molecule has 0 amide bonds. The van der Waals surface area contributed by atoms with E-state index in [2.05, 4.69) is 4.90 Å². The van der Waals surface area contributed by atoms with Crippen LogP contribution >= 0.6 is 0 Å². The fourth-order valence-electron chi connectivity index (χ4n) is 4.39. The van der Waals surface area contributed by atoms with E-state index in [1.54, 1.807) is 12.1 Å². The molecule has 0 radical (unpaired) electrons. The van der Waals surface area contributed by atoms with Gasteiger partial charge in [-0.15, -0.1) is 0 Å². The molecule has 0 saturated carbocycles. The quantitative estimate of drug-likeness (QED) is 0.161. The number of nitrogens with zero attached hydrogens (tertiary/aromatic N) is 1. The molecule has 204 valence electrons. The zero-order valence-corrected chi connectivity index (χ0v) is 22.8. The average Bonchev–Trinajstić information content (AvgIpc) is 2.99. The first-order chi connectivity index (χ1) is 19.6. The van der Waals surface area contributed by atoms with Crippen molar-refractivity contribution in [2.75, 3.05) is 27.2 Å². The van der Waals surface area contributed by atoms with Gasteiger partial charge in [-0.2, -0.15) is 0 Å². The monoisotopic (exact) mass is 535 g/mol. The summed E-state index contributed by atoms with van der Waals surface area (Å²) in [5, 5.41) is 0.319. The van der Waals surface area contributed by atoms with E-state index in [1.807, 2.05) is 105 Å². The second kappa shape index (κ2) is 13.0. The molecule has 0 spiro atoms. The fraction of sp³-hybridized carbons (Fsp3) is 0.206. The molecule has 6 heteroatoms. The van der Waals surface area contributed by atoms with Gasteiger partial charge in [-0.3, -0.25) is 4.79 Å². The molecule has 0 bridgehead atoms. The Hall–Kier alpha value is -4.55. The Morgan fingerprint density at radius 3 is 1.95 bits per heavy atom. The largest absolute Gasteiger partial charge is 0.493 e. The molecule has 0 atom stereocenters. The zero-order valence-electron chi connectivity index (χ0n) is 22.8. The second-order valence-electron chi connectivity index (χ2n) is 9.80. The number of hydrogen-bond donors (Lipinski definition) is 0. The van der Waals surface area contributed by atoms with Gasteiger partial charge < -0.3 is 23.5 Å². The van der Waals surface area contributed by atoms with Crippen LogP contribution in [0.25, 0.3) is 22.3 Å². The second-order valence-corrected chi connectivity index (χ2v) is 9.80. The highest BCUT2D eigenvalue weighted by Crippen LogP contribution is 2.37. The third-order valence-corrected chi connectivity index (χ3v) is 6.41. The summed E-state index contributed by atoms with van der Waals surface area (Å²) in [6, 6.07) is 32.6. The first-order valence-corrected chi connectivity index (χ1v) is 13.4. The van der Waals surface area contributed by atoms with Crippen molar-refractivity contribution in [1.29, 1.82) is 0 Å². The smallest absolute Gasteiger partial charge is 0.239 e. The Balaban J connectivity index is 1.59. The van der Waals surface area contributed by atoms with Crippen LogP contribution in [0.3, 0.4) is 0 Å². The topological polar surface area (TPSA) is 61.1 Å². The molecule has 4 aromatic carbocycles. The van der Waals surface area contributed by atoms with Crippen LogP contribution < -0.4 is 19.6 Å². The van der Waals surface area contributed by atoms with E-state index in [4.69, 9.17) is 18.6 Å².